The Hall–Kier alpha value is -0.830. The lowest BCUT2D eigenvalue weighted by atomic mass is 9.69. The van der Waals surface area contributed by atoms with Crippen molar-refractivity contribution in [2.75, 3.05) is 0 Å². The van der Waals surface area contributed by atoms with E-state index in [1.54, 1.807) is 0 Å². The summed E-state index contributed by atoms with van der Waals surface area (Å²) >= 11 is 0. The molecule has 1 aliphatic carbocycles. The maximum Gasteiger partial charge on any atom is 0.0522 e. The summed E-state index contributed by atoms with van der Waals surface area (Å²) in [6.07, 6.45) is 9.79. The van der Waals surface area contributed by atoms with Crippen molar-refractivity contribution in [2.45, 2.75) is 85.4 Å². The van der Waals surface area contributed by atoms with E-state index in [0.717, 1.165) is 25.4 Å². The van der Waals surface area contributed by atoms with E-state index in [9.17, 15) is 0 Å². The van der Waals surface area contributed by atoms with Gasteiger partial charge in [0.2, 0.25) is 0 Å². The average Bonchev–Trinajstić information content (AvgIpc) is 2.93. The molecule has 1 heterocycles. The van der Waals surface area contributed by atoms with Crippen LogP contribution in [-0.2, 0) is 13.1 Å². The average molecular weight is 291 g/mol. The molecule has 0 unspecified atom stereocenters. The van der Waals surface area contributed by atoms with Crippen molar-refractivity contribution >= 4 is 0 Å². The van der Waals surface area contributed by atoms with E-state index >= 15 is 0 Å². The number of nitrogens with zero attached hydrogens (tertiary/aromatic N) is 2. The van der Waals surface area contributed by atoms with Gasteiger partial charge in [-0.15, -0.1) is 0 Å². The minimum Gasteiger partial charge on any atom is -0.308 e. The van der Waals surface area contributed by atoms with Crippen LogP contribution in [0.2, 0.25) is 0 Å². The highest BCUT2D eigenvalue weighted by molar-refractivity contribution is 5.00. The van der Waals surface area contributed by atoms with E-state index in [4.69, 9.17) is 0 Å². The zero-order valence-corrected chi connectivity index (χ0v) is 14.4. The standard InChI is InChI=1S/C18H33N3/c1-5-13-21-17(11-12-20-21)14-19-16-9-7-15(8-10-16)18(3,4)6-2/h11-12,15-16,19H,5-10,13-14H2,1-4H3. The van der Waals surface area contributed by atoms with E-state index in [1.807, 2.05) is 6.20 Å². The van der Waals surface area contributed by atoms with E-state index in [1.165, 1.54) is 37.8 Å². The van der Waals surface area contributed by atoms with Crippen molar-refractivity contribution in [3.05, 3.63) is 18.0 Å². The van der Waals surface area contributed by atoms with Crippen molar-refractivity contribution in [3.8, 4) is 0 Å². The maximum atomic E-state index is 4.40. The molecule has 0 aromatic carbocycles. The fraction of sp³-hybridized carbons (Fsp3) is 0.833. The predicted octanol–water partition coefficient (Wildman–Crippen LogP) is 4.38. The fourth-order valence-electron chi connectivity index (χ4n) is 3.54. The second-order valence-electron chi connectivity index (χ2n) is 7.32. The van der Waals surface area contributed by atoms with Crippen molar-refractivity contribution in [2.24, 2.45) is 11.3 Å². The van der Waals surface area contributed by atoms with Crippen molar-refractivity contribution < 1.29 is 0 Å². The van der Waals surface area contributed by atoms with Crippen LogP contribution in [0.15, 0.2) is 12.3 Å². The van der Waals surface area contributed by atoms with E-state index in [0.29, 0.717) is 11.5 Å². The Balaban J connectivity index is 1.77. The summed E-state index contributed by atoms with van der Waals surface area (Å²) < 4.78 is 2.14. The first-order valence-electron chi connectivity index (χ1n) is 8.81. The van der Waals surface area contributed by atoms with Gasteiger partial charge in [0, 0.05) is 25.3 Å². The number of rotatable bonds is 7. The van der Waals surface area contributed by atoms with E-state index in [-0.39, 0.29) is 0 Å². The maximum absolute atomic E-state index is 4.40. The molecule has 120 valence electrons. The summed E-state index contributed by atoms with van der Waals surface area (Å²) in [6, 6.07) is 2.84. The molecule has 0 aliphatic heterocycles. The Kier molecular flexibility index (Phi) is 5.86. The zero-order chi connectivity index (χ0) is 15.3. The largest absolute Gasteiger partial charge is 0.308 e. The van der Waals surface area contributed by atoms with Gasteiger partial charge < -0.3 is 5.32 Å². The monoisotopic (exact) mass is 291 g/mol. The molecular weight excluding hydrogens is 258 g/mol. The highest BCUT2D eigenvalue weighted by Gasteiger charge is 2.31. The fourth-order valence-corrected chi connectivity index (χ4v) is 3.54. The van der Waals surface area contributed by atoms with Gasteiger partial charge in [-0.1, -0.05) is 34.1 Å². The van der Waals surface area contributed by atoms with E-state index < -0.39 is 0 Å². The van der Waals surface area contributed by atoms with Crippen LogP contribution in [0.3, 0.4) is 0 Å². The molecule has 21 heavy (non-hydrogen) atoms. The lowest BCUT2D eigenvalue weighted by molar-refractivity contribution is 0.136. The normalized spacial score (nSPS) is 23.4. The number of hydrogen-bond donors (Lipinski definition) is 1. The Bertz CT molecular complexity index is 414. The van der Waals surface area contributed by atoms with Crippen LogP contribution < -0.4 is 5.32 Å². The van der Waals surface area contributed by atoms with Gasteiger partial charge in [-0.3, -0.25) is 4.68 Å². The SMILES string of the molecule is CCCn1nccc1CNC1CCC(C(C)(C)CC)CC1. The Morgan fingerprint density at radius 3 is 2.57 bits per heavy atom. The van der Waals surface area contributed by atoms with Crippen LogP contribution in [0.25, 0.3) is 0 Å². The van der Waals surface area contributed by atoms with Gasteiger partial charge in [-0.05, 0) is 49.5 Å². The molecule has 1 N–H and O–H groups in total. The molecule has 1 aromatic heterocycles. The molecule has 0 atom stereocenters. The quantitative estimate of drug-likeness (QED) is 0.808. The molecule has 1 aromatic rings. The second kappa shape index (κ2) is 7.44. The smallest absolute Gasteiger partial charge is 0.0522 e. The van der Waals surface area contributed by atoms with Gasteiger partial charge in [0.25, 0.3) is 0 Å². The minimum absolute atomic E-state index is 0.519. The van der Waals surface area contributed by atoms with Crippen LogP contribution in [0.5, 0.6) is 0 Å². The van der Waals surface area contributed by atoms with E-state index in [2.05, 4.69) is 48.9 Å². The summed E-state index contributed by atoms with van der Waals surface area (Å²) in [6.45, 7) is 11.4. The molecule has 2 rings (SSSR count). The molecular formula is C18H33N3. The third kappa shape index (κ3) is 4.32. The number of aromatic nitrogens is 2. The second-order valence-corrected chi connectivity index (χ2v) is 7.32. The molecule has 0 saturated heterocycles. The first-order valence-corrected chi connectivity index (χ1v) is 8.81. The van der Waals surface area contributed by atoms with Crippen LogP contribution in [0.1, 0.15) is 71.9 Å². The van der Waals surface area contributed by atoms with Gasteiger partial charge >= 0.3 is 0 Å². The third-order valence-electron chi connectivity index (χ3n) is 5.56. The zero-order valence-electron chi connectivity index (χ0n) is 14.4. The highest BCUT2D eigenvalue weighted by Crippen LogP contribution is 2.40. The Morgan fingerprint density at radius 2 is 1.95 bits per heavy atom. The van der Waals surface area contributed by atoms with Crippen molar-refractivity contribution in [1.29, 1.82) is 0 Å². The molecule has 1 fully saturated rings. The molecule has 0 spiro atoms. The Labute approximate surface area is 130 Å². The third-order valence-corrected chi connectivity index (χ3v) is 5.56. The molecule has 1 aliphatic rings. The van der Waals surface area contributed by atoms with Gasteiger partial charge in [0.1, 0.15) is 0 Å². The lowest BCUT2D eigenvalue weighted by Crippen LogP contribution is -2.36. The Morgan fingerprint density at radius 1 is 1.24 bits per heavy atom. The summed E-state index contributed by atoms with van der Waals surface area (Å²) in [5, 5.41) is 8.15. The topological polar surface area (TPSA) is 29.9 Å². The van der Waals surface area contributed by atoms with Crippen LogP contribution in [-0.4, -0.2) is 15.8 Å². The molecule has 1 saturated carbocycles. The number of aryl methyl sites for hydroxylation is 1. The van der Waals surface area contributed by atoms with Gasteiger partial charge in [0.05, 0.1) is 5.69 Å². The molecule has 0 bridgehead atoms. The first-order chi connectivity index (χ1) is 10.1. The van der Waals surface area contributed by atoms with Gasteiger partial charge in [-0.2, -0.15) is 5.10 Å². The van der Waals surface area contributed by atoms with Crippen molar-refractivity contribution in [3.63, 3.8) is 0 Å². The predicted molar refractivity (Wildman–Crippen MR) is 89.2 cm³/mol. The van der Waals surface area contributed by atoms with Crippen molar-refractivity contribution in [1.82, 2.24) is 15.1 Å². The molecule has 3 nitrogen and oxygen atoms in total. The minimum atomic E-state index is 0.519. The summed E-state index contributed by atoms with van der Waals surface area (Å²) in [7, 11) is 0. The summed E-state index contributed by atoms with van der Waals surface area (Å²) in [5.74, 6) is 0.908. The lowest BCUT2D eigenvalue weighted by Gasteiger charge is -2.39. The molecule has 3 heteroatoms. The number of hydrogen-bond acceptors (Lipinski definition) is 2. The number of nitrogens with one attached hydrogen (secondary N) is 1. The van der Waals surface area contributed by atoms with Crippen LogP contribution in [0, 0.1) is 11.3 Å². The first kappa shape index (κ1) is 16.5. The highest BCUT2D eigenvalue weighted by atomic mass is 15.3. The molecule has 0 amide bonds. The summed E-state index contributed by atoms with van der Waals surface area (Å²) in [4.78, 5) is 0. The summed E-state index contributed by atoms with van der Waals surface area (Å²) in [5.41, 5.74) is 1.85. The van der Waals surface area contributed by atoms with Crippen LogP contribution >= 0.6 is 0 Å². The van der Waals surface area contributed by atoms with Gasteiger partial charge in [0.15, 0.2) is 0 Å². The molecule has 0 radical (unpaired) electrons. The van der Waals surface area contributed by atoms with Gasteiger partial charge in [-0.25, -0.2) is 0 Å². The van der Waals surface area contributed by atoms with Crippen LogP contribution in [0.4, 0.5) is 0 Å².